The number of hydrogen-bond acceptors (Lipinski definition) is 9. The highest BCUT2D eigenvalue weighted by Gasteiger charge is 2.34. The Morgan fingerprint density at radius 1 is 0.625 bits per heavy atom. The Bertz CT molecular complexity index is 2160. The summed E-state index contributed by atoms with van der Waals surface area (Å²) in [5.74, 6) is 1.05. The first kappa shape index (κ1) is 33.2. The first-order chi connectivity index (χ1) is 23.0. The zero-order chi connectivity index (χ0) is 33.9. The van der Waals surface area contributed by atoms with Gasteiger partial charge in [-0.25, -0.2) is 19.9 Å². The molecule has 0 fully saturated rings. The van der Waals surface area contributed by atoms with Crippen LogP contribution in [0.4, 0.5) is 32.2 Å². The lowest BCUT2D eigenvalue weighted by Crippen LogP contribution is -2.07. The van der Waals surface area contributed by atoms with E-state index in [-0.39, 0.29) is 21.2 Å². The van der Waals surface area contributed by atoms with Gasteiger partial charge in [0.15, 0.2) is 11.6 Å². The average Bonchev–Trinajstić information content (AvgIpc) is 3.73. The molecule has 16 heteroatoms. The molecule has 0 unspecified atom stereocenters. The Labute approximate surface area is 281 Å². The molecular weight excluding hydrogens is 696 g/mol. The Balaban J connectivity index is 0.000000177. The second-order valence-electron chi connectivity index (χ2n) is 10.0. The zero-order valence-corrected chi connectivity index (χ0v) is 26.6. The second kappa shape index (κ2) is 13.8. The minimum atomic E-state index is -4.41. The number of alkyl halides is 6. The molecule has 0 saturated carbocycles. The number of pyridine rings is 2. The molecule has 1 N–H and O–H groups in total. The third-order valence-corrected chi connectivity index (χ3v) is 9.16. The minimum Gasteiger partial charge on any atom is -0.369 e. The van der Waals surface area contributed by atoms with Gasteiger partial charge in [-0.15, -0.1) is 22.7 Å². The average molecular weight is 716 g/mol. The monoisotopic (exact) mass is 715 g/mol. The molecule has 0 saturated heterocycles. The van der Waals surface area contributed by atoms with Gasteiger partial charge in [-0.2, -0.15) is 26.3 Å². The first-order valence-corrected chi connectivity index (χ1v) is 16.0. The molecule has 0 atom stereocenters. The molecule has 7 rings (SSSR count). The van der Waals surface area contributed by atoms with Gasteiger partial charge in [0.05, 0.1) is 5.39 Å². The standard InChI is InChI=1S/C20H15F3N4S.C12H5ClF3N3S/c21-20(22,23)16-12-15-18(25-11-6-13-4-2-1-3-5-13)26-17(27-19(15)28-16)14-7-9-24-10-8-14;13-9-7-5-8(12(14,15)16)20-11(7)19-10(18-9)6-1-3-17-4-2-6/h1-5,7-10,12H,6,11H2,(H,25,26,27);1-5H. The van der Waals surface area contributed by atoms with Gasteiger partial charge in [-0.05, 0) is 48.4 Å². The quantitative estimate of drug-likeness (QED) is 0.135. The summed E-state index contributed by atoms with van der Waals surface area (Å²) < 4.78 is 77.6. The lowest BCUT2D eigenvalue weighted by molar-refractivity contribution is -0.135. The van der Waals surface area contributed by atoms with Gasteiger partial charge in [0.25, 0.3) is 0 Å². The number of nitrogens with one attached hydrogen (secondary N) is 1. The molecule has 0 aliphatic carbocycles. The van der Waals surface area contributed by atoms with Crippen LogP contribution < -0.4 is 5.32 Å². The summed E-state index contributed by atoms with van der Waals surface area (Å²) in [6, 6.07) is 18.7. The highest BCUT2D eigenvalue weighted by Crippen LogP contribution is 2.41. The van der Waals surface area contributed by atoms with E-state index in [2.05, 4.69) is 35.2 Å². The smallest absolute Gasteiger partial charge is 0.369 e. The van der Waals surface area contributed by atoms with Gasteiger partial charge in [0, 0.05) is 47.8 Å². The maximum atomic E-state index is 13.2. The molecule has 0 spiro atoms. The number of halogens is 7. The van der Waals surface area contributed by atoms with E-state index in [9.17, 15) is 26.3 Å². The number of rotatable bonds is 6. The van der Waals surface area contributed by atoms with Crippen LogP contribution in [0.5, 0.6) is 0 Å². The van der Waals surface area contributed by atoms with E-state index in [0.29, 0.717) is 62.2 Å². The van der Waals surface area contributed by atoms with Crippen molar-refractivity contribution >= 4 is 60.5 Å². The van der Waals surface area contributed by atoms with Crippen LogP contribution >= 0.6 is 34.3 Å². The Hall–Kier alpha value is -4.73. The van der Waals surface area contributed by atoms with Gasteiger partial charge in [0.1, 0.15) is 30.4 Å². The molecule has 0 radical (unpaired) electrons. The summed E-state index contributed by atoms with van der Waals surface area (Å²) in [6.45, 7) is 0.545. The van der Waals surface area contributed by atoms with Crippen LogP contribution in [0.2, 0.25) is 5.15 Å². The van der Waals surface area contributed by atoms with Gasteiger partial charge in [-0.1, -0.05) is 41.9 Å². The molecule has 6 aromatic heterocycles. The van der Waals surface area contributed by atoms with Crippen molar-refractivity contribution in [3.8, 4) is 22.8 Å². The van der Waals surface area contributed by atoms with Crippen molar-refractivity contribution in [1.29, 1.82) is 0 Å². The number of aromatic nitrogens is 6. The number of benzene rings is 1. The van der Waals surface area contributed by atoms with E-state index in [4.69, 9.17) is 11.6 Å². The predicted octanol–water partition coefficient (Wildman–Crippen LogP) is 9.85. The predicted molar refractivity (Wildman–Crippen MR) is 175 cm³/mol. The summed E-state index contributed by atoms with van der Waals surface area (Å²) >= 11 is 7.12. The summed E-state index contributed by atoms with van der Waals surface area (Å²) in [7, 11) is 0. The fourth-order valence-electron chi connectivity index (χ4n) is 4.45. The molecular formula is C32H20ClF6N7S2. The van der Waals surface area contributed by atoms with Crippen molar-refractivity contribution < 1.29 is 26.3 Å². The van der Waals surface area contributed by atoms with Crippen LogP contribution in [-0.4, -0.2) is 36.4 Å². The molecule has 0 bridgehead atoms. The largest absolute Gasteiger partial charge is 0.425 e. The van der Waals surface area contributed by atoms with E-state index < -0.39 is 22.1 Å². The van der Waals surface area contributed by atoms with Crippen LogP contribution in [0.15, 0.2) is 91.5 Å². The van der Waals surface area contributed by atoms with Crippen LogP contribution in [0, 0.1) is 0 Å². The normalized spacial score (nSPS) is 11.8. The zero-order valence-electron chi connectivity index (χ0n) is 24.2. The van der Waals surface area contributed by atoms with Crippen molar-refractivity contribution in [2.24, 2.45) is 0 Å². The molecule has 0 aliphatic rings. The SMILES string of the molecule is FC(F)(F)c1cc2c(Cl)nc(-c3ccncc3)nc2s1.FC(F)(F)c1cc2c(NCCc3ccccc3)nc(-c3ccncc3)nc2s1. The maximum Gasteiger partial charge on any atom is 0.425 e. The van der Waals surface area contributed by atoms with Gasteiger partial charge in [-0.3, -0.25) is 9.97 Å². The molecule has 244 valence electrons. The van der Waals surface area contributed by atoms with E-state index >= 15 is 0 Å². The number of nitrogens with zero attached hydrogens (tertiary/aromatic N) is 6. The van der Waals surface area contributed by atoms with E-state index in [1.807, 2.05) is 30.3 Å². The van der Waals surface area contributed by atoms with Crippen molar-refractivity contribution in [1.82, 2.24) is 29.9 Å². The number of fused-ring (bicyclic) bond motifs is 2. The lowest BCUT2D eigenvalue weighted by Gasteiger charge is -2.09. The number of hydrogen-bond donors (Lipinski definition) is 1. The second-order valence-corrected chi connectivity index (χ2v) is 12.4. The van der Waals surface area contributed by atoms with Crippen LogP contribution in [0.3, 0.4) is 0 Å². The van der Waals surface area contributed by atoms with Gasteiger partial charge < -0.3 is 5.32 Å². The minimum absolute atomic E-state index is 0.00793. The van der Waals surface area contributed by atoms with Crippen LogP contribution in [0.1, 0.15) is 15.3 Å². The Morgan fingerprint density at radius 3 is 1.67 bits per heavy atom. The number of anilines is 1. The van der Waals surface area contributed by atoms with Crippen molar-refractivity contribution in [3.05, 3.63) is 112 Å². The molecule has 0 aliphatic heterocycles. The van der Waals surface area contributed by atoms with Gasteiger partial charge >= 0.3 is 12.4 Å². The van der Waals surface area contributed by atoms with E-state index in [0.717, 1.165) is 24.1 Å². The van der Waals surface area contributed by atoms with Crippen molar-refractivity contribution in [3.63, 3.8) is 0 Å². The molecule has 6 heterocycles. The Kier molecular flexibility index (Phi) is 9.53. The van der Waals surface area contributed by atoms with Crippen molar-refractivity contribution in [2.45, 2.75) is 18.8 Å². The van der Waals surface area contributed by atoms with Gasteiger partial charge in [0.2, 0.25) is 0 Å². The third kappa shape index (κ3) is 7.69. The lowest BCUT2D eigenvalue weighted by atomic mass is 10.1. The number of thiophene rings is 2. The first-order valence-electron chi connectivity index (χ1n) is 14.0. The van der Waals surface area contributed by atoms with Crippen molar-refractivity contribution in [2.75, 3.05) is 11.9 Å². The highest BCUT2D eigenvalue weighted by molar-refractivity contribution is 7.19. The summed E-state index contributed by atoms with van der Waals surface area (Å²) in [4.78, 5) is 23.9. The molecule has 7 aromatic rings. The maximum absolute atomic E-state index is 13.2. The summed E-state index contributed by atoms with van der Waals surface area (Å²) in [6.07, 6.45) is -1.80. The summed E-state index contributed by atoms with van der Waals surface area (Å²) in [5.41, 5.74) is 2.48. The molecule has 0 amide bonds. The van der Waals surface area contributed by atoms with Crippen LogP contribution in [0.25, 0.3) is 43.2 Å². The fraction of sp³-hybridized carbons (Fsp3) is 0.125. The molecule has 1 aromatic carbocycles. The molecule has 48 heavy (non-hydrogen) atoms. The van der Waals surface area contributed by atoms with E-state index in [1.54, 1.807) is 49.1 Å². The highest BCUT2D eigenvalue weighted by atomic mass is 35.5. The molecule has 7 nitrogen and oxygen atoms in total. The Morgan fingerprint density at radius 2 is 1.12 bits per heavy atom. The summed E-state index contributed by atoms with van der Waals surface area (Å²) in [5, 5.41) is 3.78. The van der Waals surface area contributed by atoms with Crippen LogP contribution in [-0.2, 0) is 18.8 Å². The van der Waals surface area contributed by atoms with E-state index in [1.165, 1.54) is 0 Å². The third-order valence-electron chi connectivity index (χ3n) is 6.72. The fourth-order valence-corrected chi connectivity index (χ4v) is 6.53. The topological polar surface area (TPSA) is 89.4 Å².